The van der Waals surface area contributed by atoms with E-state index in [2.05, 4.69) is 23.7 Å². The Morgan fingerprint density at radius 2 is 1.86 bits per heavy atom. The fourth-order valence-corrected chi connectivity index (χ4v) is 1.07. The predicted molar refractivity (Wildman–Crippen MR) is 55.4 cm³/mol. The molecule has 2 rings (SSSR count). The Morgan fingerprint density at radius 3 is 2.50 bits per heavy atom. The van der Waals surface area contributed by atoms with Crippen LogP contribution >= 0.6 is 0 Å². The van der Waals surface area contributed by atoms with Crippen molar-refractivity contribution in [2.24, 2.45) is 0 Å². The first-order chi connectivity index (χ1) is 6.86. The molecule has 0 radical (unpaired) electrons. The zero-order chi connectivity index (χ0) is 9.80. The Balaban J connectivity index is 1.96. The summed E-state index contributed by atoms with van der Waals surface area (Å²) in [5.41, 5.74) is 0.992. The third-order valence-electron chi connectivity index (χ3n) is 1.97. The van der Waals surface area contributed by atoms with Crippen LogP contribution in [0.3, 0.4) is 0 Å². The third-order valence-corrected chi connectivity index (χ3v) is 1.97. The average molecular weight is 182 g/mol. The number of ether oxygens (including phenoxy) is 1. The van der Waals surface area contributed by atoms with Crippen LogP contribution in [0.1, 0.15) is 12.5 Å². The molecule has 0 bridgehead atoms. The van der Waals surface area contributed by atoms with Gasteiger partial charge in [-0.05, 0) is 30.9 Å². The van der Waals surface area contributed by atoms with E-state index in [0.29, 0.717) is 6.10 Å². The van der Waals surface area contributed by atoms with Gasteiger partial charge in [0.25, 0.3) is 0 Å². The first kappa shape index (κ1) is 8.88. The zero-order valence-corrected chi connectivity index (χ0v) is 7.95. The molecule has 1 saturated heterocycles. The zero-order valence-electron chi connectivity index (χ0n) is 7.95. The minimum atomic E-state index is 0.111. The molecule has 1 aromatic carbocycles. The molecule has 0 aromatic heterocycles. The quantitative estimate of drug-likeness (QED) is 0.440. The van der Waals surface area contributed by atoms with Crippen molar-refractivity contribution >= 4 is 0 Å². The van der Waals surface area contributed by atoms with E-state index in [9.17, 15) is 0 Å². The maximum absolute atomic E-state index is 5.13. The van der Waals surface area contributed by atoms with Crippen molar-refractivity contribution in [2.75, 3.05) is 0 Å². The summed E-state index contributed by atoms with van der Waals surface area (Å²) >= 11 is 0. The van der Waals surface area contributed by atoms with Crippen molar-refractivity contribution in [1.82, 2.24) is 0 Å². The predicted octanol–water partition coefficient (Wildman–Crippen LogP) is 1.83. The van der Waals surface area contributed by atoms with Crippen LogP contribution < -0.4 is 0 Å². The smallest absolute Gasteiger partial charge is 0.145 e. The van der Waals surface area contributed by atoms with Crippen LogP contribution in [0, 0.1) is 23.7 Å². The SMILES string of the molecule is C[C@@H]1O[C@@H]1C#CC#Cc1ccccc1. The van der Waals surface area contributed by atoms with Gasteiger partial charge in [-0.15, -0.1) is 0 Å². The fourth-order valence-electron chi connectivity index (χ4n) is 1.07. The summed E-state index contributed by atoms with van der Waals surface area (Å²) in [5, 5.41) is 0. The molecule has 1 heterocycles. The number of epoxide rings is 1. The van der Waals surface area contributed by atoms with E-state index in [0.717, 1.165) is 5.56 Å². The molecule has 0 saturated carbocycles. The van der Waals surface area contributed by atoms with Gasteiger partial charge >= 0.3 is 0 Å². The van der Waals surface area contributed by atoms with Crippen molar-refractivity contribution in [3.63, 3.8) is 0 Å². The summed E-state index contributed by atoms with van der Waals surface area (Å²) in [4.78, 5) is 0. The second kappa shape index (κ2) is 4.01. The third kappa shape index (κ3) is 2.39. The standard InChI is InChI=1S/C13H10O/c1-11-13(14-11)10-6-5-9-12-7-3-2-4-8-12/h2-4,7-8,11,13H,1H3/t11-,13+/m0/s1. The highest BCUT2D eigenvalue weighted by Crippen LogP contribution is 2.18. The highest BCUT2D eigenvalue weighted by Gasteiger charge is 2.31. The fraction of sp³-hybridized carbons (Fsp3) is 0.231. The van der Waals surface area contributed by atoms with Gasteiger partial charge in [-0.1, -0.05) is 30.0 Å². The normalized spacial score (nSPS) is 22.6. The van der Waals surface area contributed by atoms with Crippen LogP contribution in [-0.4, -0.2) is 12.2 Å². The largest absolute Gasteiger partial charge is 0.356 e. The van der Waals surface area contributed by atoms with Crippen LogP contribution in [0.4, 0.5) is 0 Å². The van der Waals surface area contributed by atoms with Gasteiger partial charge in [0.05, 0.1) is 6.10 Å². The lowest BCUT2D eigenvalue weighted by atomic mass is 10.2. The molecule has 1 heteroatoms. The molecule has 1 fully saturated rings. The molecule has 2 atom stereocenters. The highest BCUT2D eigenvalue weighted by atomic mass is 16.6. The molecule has 1 aliphatic rings. The molecular formula is C13H10O. The van der Waals surface area contributed by atoms with Gasteiger partial charge in [-0.2, -0.15) is 0 Å². The molecule has 0 spiro atoms. The number of benzene rings is 1. The second-order valence-electron chi connectivity index (χ2n) is 3.15. The van der Waals surface area contributed by atoms with Crippen molar-refractivity contribution in [3.05, 3.63) is 35.9 Å². The first-order valence-electron chi connectivity index (χ1n) is 4.58. The number of hydrogen-bond acceptors (Lipinski definition) is 1. The summed E-state index contributed by atoms with van der Waals surface area (Å²) < 4.78 is 5.13. The topological polar surface area (TPSA) is 12.5 Å². The Labute approximate surface area is 84.1 Å². The minimum absolute atomic E-state index is 0.111. The molecule has 0 N–H and O–H groups in total. The van der Waals surface area contributed by atoms with Crippen molar-refractivity contribution in [2.45, 2.75) is 19.1 Å². The van der Waals surface area contributed by atoms with E-state index < -0.39 is 0 Å². The van der Waals surface area contributed by atoms with Gasteiger partial charge in [-0.25, -0.2) is 0 Å². The molecular weight excluding hydrogens is 172 g/mol. The first-order valence-corrected chi connectivity index (χ1v) is 4.58. The van der Waals surface area contributed by atoms with Gasteiger partial charge in [0, 0.05) is 5.56 Å². The van der Waals surface area contributed by atoms with Crippen molar-refractivity contribution in [1.29, 1.82) is 0 Å². The molecule has 0 amide bonds. The van der Waals surface area contributed by atoms with Gasteiger partial charge in [0.2, 0.25) is 0 Å². The molecule has 1 aromatic rings. The Bertz CT molecular complexity index is 425. The van der Waals surface area contributed by atoms with Crippen molar-refractivity contribution in [3.8, 4) is 23.7 Å². The molecule has 0 unspecified atom stereocenters. The lowest BCUT2D eigenvalue weighted by Crippen LogP contribution is -1.80. The van der Waals surface area contributed by atoms with Gasteiger partial charge < -0.3 is 4.74 Å². The van der Waals surface area contributed by atoms with Gasteiger partial charge in [-0.3, -0.25) is 0 Å². The van der Waals surface area contributed by atoms with Crippen LogP contribution in [0.25, 0.3) is 0 Å². The molecule has 1 aliphatic heterocycles. The van der Waals surface area contributed by atoms with Crippen LogP contribution in [0.15, 0.2) is 30.3 Å². The van der Waals surface area contributed by atoms with Gasteiger partial charge in [0.1, 0.15) is 6.10 Å². The molecule has 68 valence electrons. The van der Waals surface area contributed by atoms with Crippen LogP contribution in [-0.2, 0) is 4.74 Å². The Morgan fingerprint density at radius 1 is 1.14 bits per heavy atom. The molecule has 1 nitrogen and oxygen atoms in total. The van der Waals surface area contributed by atoms with E-state index in [1.807, 2.05) is 37.3 Å². The van der Waals surface area contributed by atoms with Crippen molar-refractivity contribution < 1.29 is 4.74 Å². The number of hydrogen-bond donors (Lipinski definition) is 0. The van der Waals surface area contributed by atoms with E-state index in [4.69, 9.17) is 4.74 Å². The summed E-state index contributed by atoms with van der Waals surface area (Å²) in [6.45, 7) is 2.00. The second-order valence-corrected chi connectivity index (χ2v) is 3.15. The number of rotatable bonds is 0. The monoisotopic (exact) mass is 182 g/mol. The lowest BCUT2D eigenvalue weighted by Gasteiger charge is -1.83. The van der Waals surface area contributed by atoms with E-state index in [1.165, 1.54) is 0 Å². The molecule has 0 aliphatic carbocycles. The van der Waals surface area contributed by atoms with Crippen LogP contribution in [0.5, 0.6) is 0 Å². The maximum Gasteiger partial charge on any atom is 0.145 e. The molecule has 14 heavy (non-hydrogen) atoms. The highest BCUT2D eigenvalue weighted by molar-refractivity contribution is 5.40. The average Bonchev–Trinajstić information content (AvgIpc) is 2.91. The summed E-state index contributed by atoms with van der Waals surface area (Å²) in [6, 6.07) is 9.82. The summed E-state index contributed by atoms with van der Waals surface area (Å²) in [6.07, 6.45) is 0.404. The van der Waals surface area contributed by atoms with Gasteiger partial charge in [0.15, 0.2) is 0 Å². The van der Waals surface area contributed by atoms with E-state index in [1.54, 1.807) is 0 Å². The summed E-state index contributed by atoms with van der Waals surface area (Å²) in [5.74, 6) is 11.5. The Hall–Kier alpha value is -1.70. The van der Waals surface area contributed by atoms with E-state index >= 15 is 0 Å². The Kier molecular flexibility index (Phi) is 2.54. The lowest BCUT2D eigenvalue weighted by molar-refractivity contribution is 0.403. The maximum atomic E-state index is 5.13. The summed E-state index contributed by atoms with van der Waals surface area (Å²) in [7, 11) is 0. The minimum Gasteiger partial charge on any atom is -0.356 e. The van der Waals surface area contributed by atoms with Crippen LogP contribution in [0.2, 0.25) is 0 Å². The van der Waals surface area contributed by atoms with E-state index in [-0.39, 0.29) is 6.10 Å².